The smallest absolute Gasteiger partial charge is 0.251 e. The molecule has 2 bridgehead atoms. The zero-order valence-electron chi connectivity index (χ0n) is 35.0. The maximum Gasteiger partial charge on any atom is 0.251 e. The normalized spacial score (nSPS) is 26.4. The van der Waals surface area contributed by atoms with Gasteiger partial charge in [0.25, 0.3) is 5.91 Å². The molecule has 7 rings (SSSR count). The second kappa shape index (κ2) is 17.6. The van der Waals surface area contributed by atoms with E-state index in [4.69, 9.17) is 21.2 Å². The van der Waals surface area contributed by atoms with Crippen molar-refractivity contribution in [1.82, 2.24) is 20.6 Å². The van der Waals surface area contributed by atoms with Crippen LogP contribution < -0.4 is 20.3 Å². The highest BCUT2D eigenvalue weighted by atomic mass is 35.5. The Balaban J connectivity index is 1.28. The summed E-state index contributed by atoms with van der Waals surface area (Å²) in [5, 5.41) is 30.3. The Morgan fingerprint density at radius 2 is 1.79 bits per heavy atom. The lowest BCUT2D eigenvalue weighted by molar-refractivity contribution is -0.183. The van der Waals surface area contributed by atoms with Crippen LogP contribution >= 0.6 is 11.6 Å². The SMILES string of the molecule is COc1c(CN2O[C@@H](CO)[C@@H](C(C)O)[C@H]2C(=O)N[C@H]2C[C@H]3C[C@@H]([C@@H]2C)C3(C)C)cccc1-c1cc(C(=O)N[C@@H](Cc2ccc(Cl)cc2)CN(C)C)cc(N(C)C)c1. The third kappa shape index (κ3) is 9.14. The number of aliphatic hydroxyl groups is 2. The molecule has 11 nitrogen and oxygen atoms in total. The molecule has 3 aromatic rings. The van der Waals surface area contributed by atoms with Crippen LogP contribution in [0.15, 0.2) is 60.7 Å². The second-order valence-electron chi connectivity index (χ2n) is 17.7. The van der Waals surface area contributed by atoms with Gasteiger partial charge in [-0.25, -0.2) is 0 Å². The molecule has 9 atom stereocenters. The highest BCUT2D eigenvalue weighted by molar-refractivity contribution is 6.30. The van der Waals surface area contributed by atoms with Gasteiger partial charge in [0.15, 0.2) is 0 Å². The number of likely N-dealkylation sites (N-methyl/N-ethyl adjacent to an activating group) is 1. The number of aliphatic hydroxyl groups excluding tert-OH is 2. The van der Waals surface area contributed by atoms with Crippen LogP contribution in [0.5, 0.6) is 5.75 Å². The highest BCUT2D eigenvalue weighted by Gasteiger charge is 2.57. The first kappa shape index (κ1) is 42.9. The molecule has 1 heterocycles. The van der Waals surface area contributed by atoms with Crippen molar-refractivity contribution in [3.05, 3.63) is 82.4 Å². The molecule has 2 amide bonds. The number of rotatable bonds is 15. The molecule has 1 saturated heterocycles. The number of hydrogen-bond acceptors (Lipinski definition) is 9. The van der Waals surface area contributed by atoms with Gasteiger partial charge in [0, 0.05) is 66.0 Å². The minimum absolute atomic E-state index is 0.0304. The fourth-order valence-electron chi connectivity index (χ4n) is 9.76. The first-order valence-electron chi connectivity index (χ1n) is 20.2. The zero-order chi connectivity index (χ0) is 41.3. The van der Waals surface area contributed by atoms with Crippen molar-refractivity contribution >= 4 is 29.1 Å². The van der Waals surface area contributed by atoms with Crippen LogP contribution in [-0.2, 0) is 22.6 Å². The van der Waals surface area contributed by atoms with E-state index in [-0.39, 0.29) is 42.5 Å². The summed E-state index contributed by atoms with van der Waals surface area (Å²) in [6.07, 6.45) is 1.09. The third-order valence-electron chi connectivity index (χ3n) is 13.0. The second-order valence-corrected chi connectivity index (χ2v) is 18.1. The van der Waals surface area contributed by atoms with Gasteiger partial charge in [-0.1, -0.05) is 62.7 Å². The number of amides is 2. The molecule has 1 aliphatic heterocycles. The van der Waals surface area contributed by atoms with Gasteiger partial charge in [0.05, 0.1) is 26.4 Å². The summed E-state index contributed by atoms with van der Waals surface area (Å²) in [6, 6.07) is 18.3. The topological polar surface area (TPSA) is 127 Å². The van der Waals surface area contributed by atoms with Crippen LogP contribution in [0.4, 0.5) is 5.69 Å². The Hall–Kier alpha value is -3.71. The van der Waals surface area contributed by atoms with E-state index in [2.05, 4.69) is 36.3 Å². The average molecular weight is 804 g/mol. The maximum atomic E-state index is 14.3. The Morgan fingerprint density at radius 1 is 1.07 bits per heavy atom. The Bertz CT molecular complexity index is 1890. The molecule has 0 spiro atoms. The number of hydroxylamine groups is 2. The van der Waals surface area contributed by atoms with E-state index < -0.39 is 24.2 Å². The van der Waals surface area contributed by atoms with Crippen LogP contribution in [0.2, 0.25) is 5.02 Å². The van der Waals surface area contributed by atoms with E-state index in [1.165, 1.54) is 6.42 Å². The predicted molar refractivity (Wildman–Crippen MR) is 225 cm³/mol. The number of nitrogens with zero attached hydrogens (tertiary/aromatic N) is 3. The van der Waals surface area contributed by atoms with Gasteiger partial charge in [0.1, 0.15) is 17.9 Å². The number of nitrogens with one attached hydrogen (secondary N) is 2. The van der Waals surface area contributed by atoms with Gasteiger partial charge >= 0.3 is 0 Å². The van der Waals surface area contributed by atoms with Crippen LogP contribution in [0, 0.1) is 29.1 Å². The number of fused-ring (bicyclic) bond motifs is 2. The van der Waals surface area contributed by atoms with E-state index in [1.807, 2.05) is 93.8 Å². The van der Waals surface area contributed by atoms with Crippen molar-refractivity contribution in [2.45, 2.75) is 83.8 Å². The van der Waals surface area contributed by atoms with Crippen molar-refractivity contribution < 1.29 is 29.4 Å². The van der Waals surface area contributed by atoms with Crippen molar-refractivity contribution in [2.75, 3.05) is 53.4 Å². The first-order valence-corrected chi connectivity index (χ1v) is 20.6. The number of anilines is 1. The average Bonchev–Trinajstić information content (AvgIpc) is 3.54. The monoisotopic (exact) mass is 803 g/mol. The maximum absolute atomic E-state index is 14.3. The Morgan fingerprint density at radius 3 is 2.39 bits per heavy atom. The van der Waals surface area contributed by atoms with Crippen molar-refractivity contribution in [1.29, 1.82) is 0 Å². The molecule has 4 aliphatic rings. The fraction of sp³-hybridized carbons (Fsp3) is 0.556. The quantitative estimate of drug-likeness (QED) is 0.154. The molecular formula is C45H62ClN5O6. The third-order valence-corrected chi connectivity index (χ3v) is 13.3. The zero-order valence-corrected chi connectivity index (χ0v) is 35.7. The summed E-state index contributed by atoms with van der Waals surface area (Å²) in [7, 11) is 9.46. The van der Waals surface area contributed by atoms with Crippen LogP contribution in [0.3, 0.4) is 0 Å². The van der Waals surface area contributed by atoms with Crippen molar-refractivity contribution in [2.24, 2.45) is 29.1 Å². The molecule has 0 aromatic heterocycles. The summed E-state index contributed by atoms with van der Waals surface area (Å²) < 4.78 is 6.11. The molecule has 3 saturated carbocycles. The summed E-state index contributed by atoms with van der Waals surface area (Å²) in [5.41, 5.74) is 5.00. The molecule has 1 unspecified atom stereocenters. The number of carbonyl (C=O) groups excluding carboxylic acids is 2. The standard InChI is InChI=1S/C45H62ClN5O6/c1-26-37-21-32(45(37,3)4)22-38(26)48-44(55)41-40(27(2)53)39(25-52)57-51(41)23-29-11-10-12-36(42(29)56-9)30-18-31(20-35(19-30)50(7)8)43(54)47-34(24-49(5)6)17-28-13-15-33(46)16-14-28/h10-16,18-20,26-27,32,34,37-41,52-53H,17,21-25H2,1-9H3,(H,47,54)(H,48,55)/t26-,27?,32+,34-,37-,38-,39-,40+,41-/m0/s1. The summed E-state index contributed by atoms with van der Waals surface area (Å²) in [6.45, 7) is 9.01. The minimum Gasteiger partial charge on any atom is -0.496 e. The van der Waals surface area contributed by atoms with E-state index in [1.54, 1.807) is 19.1 Å². The Labute approximate surface area is 343 Å². The molecule has 57 heavy (non-hydrogen) atoms. The number of hydrogen-bond donors (Lipinski definition) is 4. The summed E-state index contributed by atoms with van der Waals surface area (Å²) in [4.78, 5) is 38.7. The van der Waals surface area contributed by atoms with E-state index in [0.717, 1.165) is 34.4 Å². The van der Waals surface area contributed by atoms with Gasteiger partial charge in [-0.15, -0.1) is 0 Å². The number of benzene rings is 3. The van der Waals surface area contributed by atoms with Crippen molar-refractivity contribution in [3.63, 3.8) is 0 Å². The number of methoxy groups -OCH3 is 1. The summed E-state index contributed by atoms with van der Waals surface area (Å²) >= 11 is 6.14. The molecule has 3 aliphatic carbocycles. The lowest BCUT2D eigenvalue weighted by Crippen LogP contribution is -2.62. The van der Waals surface area contributed by atoms with E-state index in [0.29, 0.717) is 47.1 Å². The van der Waals surface area contributed by atoms with Gasteiger partial charge < -0.3 is 35.4 Å². The number of halogens is 1. The van der Waals surface area contributed by atoms with Crippen LogP contribution in [0.25, 0.3) is 11.1 Å². The number of ether oxygens (including phenoxy) is 1. The molecular weight excluding hydrogens is 742 g/mol. The van der Waals surface area contributed by atoms with E-state index >= 15 is 0 Å². The molecule has 0 radical (unpaired) electrons. The Kier molecular flexibility index (Phi) is 13.3. The highest BCUT2D eigenvalue weighted by Crippen LogP contribution is 2.61. The van der Waals surface area contributed by atoms with Crippen LogP contribution in [0.1, 0.15) is 62.0 Å². The van der Waals surface area contributed by atoms with Gasteiger partial charge in [-0.05, 0) is 105 Å². The largest absolute Gasteiger partial charge is 0.496 e. The molecule has 4 fully saturated rings. The lowest BCUT2D eigenvalue weighted by Gasteiger charge is -2.62. The van der Waals surface area contributed by atoms with Gasteiger partial charge in [-0.2, -0.15) is 5.06 Å². The molecule has 12 heteroatoms. The minimum atomic E-state index is -0.908. The molecule has 4 N–H and O–H groups in total. The predicted octanol–water partition coefficient (Wildman–Crippen LogP) is 5.64. The van der Waals surface area contributed by atoms with Crippen molar-refractivity contribution in [3.8, 4) is 16.9 Å². The molecule has 3 aromatic carbocycles. The number of para-hydroxylation sites is 1. The van der Waals surface area contributed by atoms with Crippen LogP contribution in [-0.4, -0.2) is 111 Å². The molecule has 310 valence electrons. The first-order chi connectivity index (χ1) is 27.0. The summed E-state index contributed by atoms with van der Waals surface area (Å²) in [5.74, 6) is 0.962. The lowest BCUT2D eigenvalue weighted by atomic mass is 9.45. The van der Waals surface area contributed by atoms with Gasteiger partial charge in [-0.3, -0.25) is 14.4 Å². The van der Waals surface area contributed by atoms with E-state index in [9.17, 15) is 19.8 Å². The number of carbonyl (C=O) groups is 2. The van der Waals surface area contributed by atoms with Gasteiger partial charge in [0.2, 0.25) is 5.91 Å². The fourth-order valence-corrected chi connectivity index (χ4v) is 9.89.